The minimum absolute atomic E-state index is 0.184. The number of methoxy groups -OCH3 is 1. The monoisotopic (exact) mass is 294 g/mol. The number of rotatable bonds is 3. The van der Waals surface area contributed by atoms with Gasteiger partial charge in [0.2, 0.25) is 5.78 Å². The van der Waals surface area contributed by atoms with Crippen molar-refractivity contribution in [3.8, 4) is 5.75 Å². The SMILES string of the molecule is COc1ccc(F)cc1C(=O)c1snnc1C(C)(C)C. The number of nitrogens with zero attached hydrogens (tertiary/aromatic N) is 2. The fourth-order valence-electron chi connectivity index (χ4n) is 1.81. The predicted octanol–water partition coefficient (Wildman–Crippen LogP) is 3.21. The first-order valence-electron chi connectivity index (χ1n) is 6.05. The zero-order chi connectivity index (χ0) is 14.9. The molecule has 106 valence electrons. The normalized spacial score (nSPS) is 11.4. The Morgan fingerprint density at radius 2 is 2.05 bits per heavy atom. The molecule has 0 N–H and O–H groups in total. The van der Waals surface area contributed by atoms with Gasteiger partial charge in [-0.25, -0.2) is 4.39 Å². The second-order valence-electron chi connectivity index (χ2n) is 5.37. The lowest BCUT2D eigenvalue weighted by atomic mass is 9.90. The van der Waals surface area contributed by atoms with E-state index < -0.39 is 5.82 Å². The lowest BCUT2D eigenvalue weighted by molar-refractivity contribution is 0.103. The van der Waals surface area contributed by atoms with Crippen LogP contribution in [0.3, 0.4) is 0 Å². The third kappa shape index (κ3) is 2.70. The van der Waals surface area contributed by atoms with Gasteiger partial charge >= 0.3 is 0 Å². The average molecular weight is 294 g/mol. The highest BCUT2D eigenvalue weighted by molar-refractivity contribution is 7.08. The second-order valence-corrected chi connectivity index (χ2v) is 6.13. The summed E-state index contributed by atoms with van der Waals surface area (Å²) in [4.78, 5) is 13.0. The maximum Gasteiger partial charge on any atom is 0.210 e. The number of ketones is 1. The molecule has 1 aromatic heterocycles. The predicted molar refractivity (Wildman–Crippen MR) is 75.0 cm³/mol. The molecule has 4 nitrogen and oxygen atoms in total. The lowest BCUT2D eigenvalue weighted by Crippen LogP contribution is -2.17. The minimum Gasteiger partial charge on any atom is -0.496 e. The number of ether oxygens (including phenoxy) is 1. The summed E-state index contributed by atoms with van der Waals surface area (Å²) >= 11 is 1.02. The van der Waals surface area contributed by atoms with Crippen molar-refractivity contribution in [2.45, 2.75) is 26.2 Å². The summed E-state index contributed by atoms with van der Waals surface area (Å²) in [6.45, 7) is 5.84. The van der Waals surface area contributed by atoms with Gasteiger partial charge in [-0.15, -0.1) is 5.10 Å². The zero-order valence-corrected chi connectivity index (χ0v) is 12.5. The van der Waals surface area contributed by atoms with Crippen LogP contribution in [0.1, 0.15) is 41.7 Å². The highest BCUT2D eigenvalue weighted by atomic mass is 32.1. The van der Waals surface area contributed by atoms with E-state index in [-0.39, 0.29) is 16.8 Å². The standard InChI is InChI=1S/C14H15FN2O2S/c1-14(2,3)13-12(20-17-16-13)11(18)9-7-8(15)5-6-10(9)19-4/h5-7H,1-4H3. The molecule has 0 bridgehead atoms. The molecule has 0 unspecified atom stereocenters. The van der Waals surface area contributed by atoms with E-state index in [4.69, 9.17) is 4.74 Å². The van der Waals surface area contributed by atoms with Gasteiger partial charge in [0.1, 0.15) is 16.4 Å². The molecule has 0 fully saturated rings. The van der Waals surface area contributed by atoms with Crippen LogP contribution in [0.25, 0.3) is 0 Å². The summed E-state index contributed by atoms with van der Waals surface area (Å²) in [5.41, 5.74) is 0.487. The van der Waals surface area contributed by atoms with Crippen molar-refractivity contribution >= 4 is 17.3 Å². The molecule has 2 aromatic rings. The fraction of sp³-hybridized carbons (Fsp3) is 0.357. The van der Waals surface area contributed by atoms with E-state index in [1.807, 2.05) is 20.8 Å². The first-order valence-corrected chi connectivity index (χ1v) is 6.83. The molecule has 2 rings (SSSR count). The third-order valence-corrected chi connectivity index (χ3v) is 3.54. The Balaban J connectivity index is 2.53. The molecular formula is C14H15FN2O2S. The van der Waals surface area contributed by atoms with Crippen molar-refractivity contribution in [1.29, 1.82) is 0 Å². The van der Waals surface area contributed by atoms with E-state index >= 15 is 0 Å². The molecule has 0 amide bonds. The number of carbonyl (C=O) groups is 1. The number of aromatic nitrogens is 2. The second kappa shape index (κ2) is 5.28. The number of hydrogen-bond acceptors (Lipinski definition) is 5. The van der Waals surface area contributed by atoms with Crippen LogP contribution in [0, 0.1) is 5.82 Å². The van der Waals surface area contributed by atoms with E-state index in [0.29, 0.717) is 16.3 Å². The Morgan fingerprint density at radius 1 is 1.35 bits per heavy atom. The molecule has 0 aliphatic carbocycles. The Morgan fingerprint density at radius 3 is 2.65 bits per heavy atom. The van der Waals surface area contributed by atoms with Crippen LogP contribution in [0.4, 0.5) is 4.39 Å². The van der Waals surface area contributed by atoms with E-state index in [9.17, 15) is 9.18 Å². The van der Waals surface area contributed by atoms with Gasteiger partial charge in [0.15, 0.2) is 0 Å². The summed E-state index contributed by atoms with van der Waals surface area (Å²) in [7, 11) is 1.44. The first-order chi connectivity index (χ1) is 9.34. The van der Waals surface area contributed by atoms with Gasteiger partial charge in [0.25, 0.3) is 0 Å². The van der Waals surface area contributed by atoms with Crippen molar-refractivity contribution in [1.82, 2.24) is 9.59 Å². The average Bonchev–Trinajstić information content (AvgIpc) is 2.87. The maximum atomic E-state index is 13.4. The van der Waals surface area contributed by atoms with Crippen LogP contribution >= 0.6 is 11.5 Å². The van der Waals surface area contributed by atoms with Gasteiger partial charge in [-0.1, -0.05) is 25.3 Å². The molecule has 20 heavy (non-hydrogen) atoms. The van der Waals surface area contributed by atoms with Crippen molar-refractivity contribution in [3.05, 3.63) is 40.2 Å². The smallest absolute Gasteiger partial charge is 0.210 e. The van der Waals surface area contributed by atoms with E-state index in [1.165, 1.54) is 25.3 Å². The topological polar surface area (TPSA) is 52.1 Å². The van der Waals surface area contributed by atoms with Gasteiger partial charge in [0, 0.05) is 5.41 Å². The minimum atomic E-state index is -0.482. The van der Waals surface area contributed by atoms with Crippen LogP contribution in [-0.4, -0.2) is 22.5 Å². The van der Waals surface area contributed by atoms with Crippen LogP contribution in [0.2, 0.25) is 0 Å². The molecule has 0 saturated heterocycles. The molecular weight excluding hydrogens is 279 g/mol. The number of halogens is 1. The van der Waals surface area contributed by atoms with Gasteiger partial charge in [-0.3, -0.25) is 4.79 Å². The van der Waals surface area contributed by atoms with Crippen molar-refractivity contribution in [2.75, 3.05) is 7.11 Å². The summed E-state index contributed by atoms with van der Waals surface area (Å²) in [6, 6.07) is 3.87. The highest BCUT2D eigenvalue weighted by Crippen LogP contribution is 2.30. The molecule has 0 radical (unpaired) electrons. The van der Waals surface area contributed by atoms with Crippen LogP contribution in [0.15, 0.2) is 18.2 Å². The first kappa shape index (κ1) is 14.6. The van der Waals surface area contributed by atoms with Crippen LogP contribution < -0.4 is 4.74 Å². The van der Waals surface area contributed by atoms with Gasteiger partial charge < -0.3 is 4.74 Å². The van der Waals surface area contributed by atoms with E-state index in [0.717, 1.165) is 11.5 Å². The number of benzene rings is 1. The fourth-order valence-corrected chi connectivity index (χ4v) is 2.64. The third-order valence-electron chi connectivity index (χ3n) is 2.81. The molecule has 1 aromatic carbocycles. The molecule has 1 heterocycles. The summed E-state index contributed by atoms with van der Waals surface area (Å²) < 4.78 is 22.4. The molecule has 0 spiro atoms. The summed E-state index contributed by atoms with van der Waals surface area (Å²) in [5.74, 6) is -0.463. The largest absolute Gasteiger partial charge is 0.496 e. The number of hydrogen-bond donors (Lipinski definition) is 0. The lowest BCUT2D eigenvalue weighted by Gasteiger charge is -2.16. The van der Waals surface area contributed by atoms with Crippen molar-refractivity contribution in [3.63, 3.8) is 0 Å². The Hall–Kier alpha value is -1.82. The molecule has 0 atom stereocenters. The molecule has 0 aliphatic heterocycles. The van der Waals surface area contributed by atoms with Gasteiger partial charge in [-0.05, 0) is 29.7 Å². The van der Waals surface area contributed by atoms with Crippen molar-refractivity contribution < 1.29 is 13.9 Å². The van der Waals surface area contributed by atoms with Crippen LogP contribution in [0.5, 0.6) is 5.75 Å². The van der Waals surface area contributed by atoms with Crippen LogP contribution in [-0.2, 0) is 5.41 Å². The van der Waals surface area contributed by atoms with Gasteiger partial charge in [0.05, 0.1) is 18.4 Å². The molecule has 0 saturated carbocycles. The Labute approximate surface area is 120 Å². The van der Waals surface area contributed by atoms with Crippen molar-refractivity contribution in [2.24, 2.45) is 0 Å². The zero-order valence-electron chi connectivity index (χ0n) is 11.7. The Bertz CT molecular complexity index is 647. The Kier molecular flexibility index (Phi) is 3.85. The molecule has 0 aliphatic rings. The van der Waals surface area contributed by atoms with E-state index in [1.54, 1.807) is 0 Å². The summed E-state index contributed by atoms with van der Waals surface area (Å²) in [6.07, 6.45) is 0. The summed E-state index contributed by atoms with van der Waals surface area (Å²) in [5, 5.41) is 4.03. The quantitative estimate of drug-likeness (QED) is 0.816. The maximum absolute atomic E-state index is 13.4. The van der Waals surface area contributed by atoms with E-state index in [2.05, 4.69) is 9.59 Å². The highest BCUT2D eigenvalue weighted by Gasteiger charge is 2.28. The molecule has 6 heteroatoms. The number of carbonyl (C=O) groups excluding carboxylic acids is 1. The van der Waals surface area contributed by atoms with Gasteiger partial charge in [-0.2, -0.15) is 0 Å².